The summed E-state index contributed by atoms with van der Waals surface area (Å²) in [4.78, 5) is 8.46. The van der Waals surface area contributed by atoms with Crippen molar-refractivity contribution in [2.45, 2.75) is 19.3 Å². The van der Waals surface area contributed by atoms with Crippen LogP contribution in [0.4, 0.5) is 0 Å². The minimum absolute atomic E-state index is 0.277. The summed E-state index contributed by atoms with van der Waals surface area (Å²) in [5.74, 6) is 0.898. The molecule has 1 fully saturated rings. The summed E-state index contributed by atoms with van der Waals surface area (Å²) >= 11 is 0. The first kappa shape index (κ1) is 17.0. The molecule has 0 N–H and O–H groups in total. The van der Waals surface area contributed by atoms with E-state index in [0.717, 1.165) is 36.3 Å². The highest BCUT2D eigenvalue weighted by Crippen LogP contribution is 2.23. The van der Waals surface area contributed by atoms with E-state index in [9.17, 15) is 8.42 Å². The first-order chi connectivity index (χ1) is 12.5. The Morgan fingerprint density at radius 1 is 1.23 bits per heavy atom. The van der Waals surface area contributed by atoms with Gasteiger partial charge in [0.25, 0.3) is 0 Å². The van der Waals surface area contributed by atoms with Gasteiger partial charge < -0.3 is 0 Å². The summed E-state index contributed by atoms with van der Waals surface area (Å²) in [7, 11) is -3.13. The molecule has 3 aromatic heterocycles. The van der Waals surface area contributed by atoms with E-state index in [0.29, 0.717) is 18.9 Å². The summed E-state index contributed by atoms with van der Waals surface area (Å²) in [5, 5.41) is 8.68. The molecule has 0 aromatic carbocycles. The van der Waals surface area contributed by atoms with Gasteiger partial charge in [-0.1, -0.05) is 0 Å². The van der Waals surface area contributed by atoms with Gasteiger partial charge in [-0.25, -0.2) is 22.7 Å². The fourth-order valence-corrected chi connectivity index (χ4v) is 4.36. The van der Waals surface area contributed by atoms with Crippen LogP contribution in [0, 0.1) is 5.92 Å². The van der Waals surface area contributed by atoms with Crippen molar-refractivity contribution in [2.24, 2.45) is 5.92 Å². The highest BCUT2D eigenvalue weighted by atomic mass is 32.2. The summed E-state index contributed by atoms with van der Waals surface area (Å²) in [6, 6.07) is 5.73. The lowest BCUT2D eigenvalue weighted by molar-refractivity contribution is 0.265. The number of sulfonamides is 1. The molecule has 3 aromatic rings. The molecule has 9 heteroatoms. The second kappa shape index (κ2) is 6.73. The number of hydrogen-bond acceptors (Lipinski definition) is 6. The molecule has 26 heavy (non-hydrogen) atoms. The van der Waals surface area contributed by atoms with E-state index >= 15 is 0 Å². The SMILES string of the molecule is CS(=O)(=O)N1CCCC(Cc2ccc(-c3cnc4ncccn34)nn2)C1. The van der Waals surface area contributed by atoms with E-state index in [1.165, 1.54) is 6.26 Å². The Labute approximate surface area is 152 Å². The molecule has 0 aliphatic carbocycles. The summed E-state index contributed by atoms with van der Waals surface area (Å²) in [6.07, 6.45) is 9.22. The quantitative estimate of drug-likeness (QED) is 0.687. The Morgan fingerprint density at radius 2 is 2.12 bits per heavy atom. The van der Waals surface area contributed by atoms with E-state index in [2.05, 4.69) is 20.2 Å². The predicted octanol–water partition coefficient (Wildman–Crippen LogP) is 1.40. The molecule has 0 bridgehead atoms. The average molecular weight is 372 g/mol. The molecule has 1 unspecified atom stereocenters. The van der Waals surface area contributed by atoms with Gasteiger partial charge in [0.05, 0.1) is 23.8 Å². The Kier molecular flexibility index (Phi) is 4.41. The average Bonchev–Trinajstić information content (AvgIpc) is 3.06. The first-order valence-corrected chi connectivity index (χ1v) is 10.4. The lowest BCUT2D eigenvalue weighted by Crippen LogP contribution is -2.39. The zero-order chi connectivity index (χ0) is 18.1. The number of nitrogens with zero attached hydrogens (tertiary/aromatic N) is 6. The van der Waals surface area contributed by atoms with Crippen LogP contribution in [0.15, 0.2) is 36.8 Å². The number of rotatable bonds is 4. The van der Waals surface area contributed by atoms with Gasteiger partial charge in [0.1, 0.15) is 5.69 Å². The minimum atomic E-state index is -3.13. The van der Waals surface area contributed by atoms with Crippen LogP contribution in [-0.4, -0.2) is 56.6 Å². The van der Waals surface area contributed by atoms with Gasteiger partial charge in [-0.3, -0.25) is 4.40 Å². The molecule has 1 aliphatic rings. The molecule has 8 nitrogen and oxygen atoms in total. The second-order valence-corrected chi connectivity index (χ2v) is 8.66. The smallest absolute Gasteiger partial charge is 0.234 e. The topological polar surface area (TPSA) is 93.4 Å². The first-order valence-electron chi connectivity index (χ1n) is 8.57. The van der Waals surface area contributed by atoms with Crippen molar-refractivity contribution in [3.8, 4) is 11.4 Å². The predicted molar refractivity (Wildman–Crippen MR) is 96.9 cm³/mol. The third-order valence-corrected chi connectivity index (χ3v) is 5.99. The van der Waals surface area contributed by atoms with Crippen LogP contribution in [-0.2, 0) is 16.4 Å². The molecule has 0 saturated carbocycles. The number of imidazole rings is 1. The summed E-state index contributed by atoms with van der Waals surface area (Å²) < 4.78 is 26.9. The molecule has 4 rings (SSSR count). The zero-order valence-electron chi connectivity index (χ0n) is 14.5. The molecule has 1 atom stereocenters. The maximum absolute atomic E-state index is 11.8. The third-order valence-electron chi connectivity index (χ3n) is 4.72. The molecule has 0 radical (unpaired) electrons. The monoisotopic (exact) mass is 372 g/mol. The maximum atomic E-state index is 11.8. The van der Waals surface area contributed by atoms with Crippen molar-refractivity contribution in [2.75, 3.05) is 19.3 Å². The summed E-state index contributed by atoms with van der Waals surface area (Å²) in [6.45, 7) is 1.17. The molecule has 4 heterocycles. The normalized spacial score (nSPS) is 19.0. The van der Waals surface area contributed by atoms with Crippen molar-refractivity contribution >= 4 is 15.8 Å². The lowest BCUT2D eigenvalue weighted by Gasteiger charge is -2.30. The Hall–Kier alpha value is -2.39. The van der Waals surface area contributed by atoms with Gasteiger partial charge in [-0.05, 0) is 43.4 Å². The largest absolute Gasteiger partial charge is 0.282 e. The van der Waals surface area contributed by atoms with Crippen LogP contribution in [0.2, 0.25) is 0 Å². The van der Waals surface area contributed by atoms with E-state index in [1.807, 2.05) is 28.8 Å². The summed E-state index contributed by atoms with van der Waals surface area (Å²) in [5.41, 5.74) is 2.45. The van der Waals surface area contributed by atoms with Gasteiger partial charge in [0.15, 0.2) is 0 Å². The van der Waals surface area contributed by atoms with Gasteiger partial charge in [0.2, 0.25) is 15.8 Å². The molecule has 1 saturated heterocycles. The number of piperidine rings is 1. The van der Waals surface area contributed by atoms with Crippen LogP contribution in [0.3, 0.4) is 0 Å². The fourth-order valence-electron chi connectivity index (χ4n) is 3.41. The van der Waals surface area contributed by atoms with Crippen molar-refractivity contribution in [1.29, 1.82) is 0 Å². The molecule has 1 aliphatic heterocycles. The molecular weight excluding hydrogens is 352 g/mol. The van der Waals surface area contributed by atoms with Crippen LogP contribution >= 0.6 is 0 Å². The standard InChI is InChI=1S/C17H20N6O2S/c1-26(24,25)22-8-2-4-13(12-22)10-14-5-6-15(21-20-14)16-11-19-17-18-7-3-9-23(16)17/h3,5-7,9,11,13H,2,4,8,10,12H2,1H3. The highest BCUT2D eigenvalue weighted by molar-refractivity contribution is 7.88. The lowest BCUT2D eigenvalue weighted by atomic mass is 9.94. The van der Waals surface area contributed by atoms with Crippen molar-refractivity contribution in [1.82, 2.24) is 28.9 Å². The van der Waals surface area contributed by atoms with Crippen molar-refractivity contribution in [3.05, 3.63) is 42.5 Å². The van der Waals surface area contributed by atoms with Gasteiger partial charge >= 0.3 is 0 Å². The molecule has 0 spiro atoms. The molecule has 136 valence electrons. The van der Waals surface area contributed by atoms with E-state index in [-0.39, 0.29) is 5.92 Å². The number of hydrogen-bond donors (Lipinski definition) is 0. The van der Waals surface area contributed by atoms with Crippen LogP contribution in [0.5, 0.6) is 0 Å². The Morgan fingerprint density at radius 3 is 2.88 bits per heavy atom. The van der Waals surface area contributed by atoms with Crippen LogP contribution < -0.4 is 0 Å². The van der Waals surface area contributed by atoms with Gasteiger partial charge in [-0.15, -0.1) is 5.10 Å². The van der Waals surface area contributed by atoms with Crippen molar-refractivity contribution < 1.29 is 8.42 Å². The zero-order valence-corrected chi connectivity index (χ0v) is 15.3. The third kappa shape index (κ3) is 3.45. The minimum Gasteiger partial charge on any atom is -0.282 e. The van der Waals surface area contributed by atoms with E-state index in [1.54, 1.807) is 16.7 Å². The highest BCUT2D eigenvalue weighted by Gasteiger charge is 2.26. The van der Waals surface area contributed by atoms with Crippen molar-refractivity contribution in [3.63, 3.8) is 0 Å². The van der Waals surface area contributed by atoms with Crippen LogP contribution in [0.1, 0.15) is 18.5 Å². The number of fused-ring (bicyclic) bond motifs is 1. The number of aromatic nitrogens is 5. The van der Waals surface area contributed by atoms with Crippen LogP contribution in [0.25, 0.3) is 17.2 Å². The Bertz CT molecular complexity index is 1020. The van der Waals surface area contributed by atoms with E-state index in [4.69, 9.17) is 0 Å². The fraction of sp³-hybridized carbons (Fsp3) is 0.412. The maximum Gasteiger partial charge on any atom is 0.234 e. The second-order valence-electron chi connectivity index (χ2n) is 6.68. The van der Waals surface area contributed by atoms with Gasteiger partial charge in [-0.2, -0.15) is 5.10 Å². The molecular formula is C17H20N6O2S. The van der Waals surface area contributed by atoms with E-state index < -0.39 is 10.0 Å². The van der Waals surface area contributed by atoms with Gasteiger partial charge in [0, 0.05) is 25.5 Å². The Balaban J connectivity index is 1.50. The molecule has 0 amide bonds.